The summed E-state index contributed by atoms with van der Waals surface area (Å²) in [6.45, 7) is 4.50. The molecule has 2 unspecified atom stereocenters. The van der Waals surface area contributed by atoms with Gasteiger partial charge in [-0.05, 0) is 42.3 Å². The predicted octanol–water partition coefficient (Wildman–Crippen LogP) is 9.86. The number of unbranched alkanes of at least 4 members (excludes halogenated alkanes) is 16. The van der Waals surface area contributed by atoms with Crippen LogP contribution in [0.25, 0.3) is 0 Å². The zero-order valence-corrected chi connectivity index (χ0v) is 26.4. The Bertz CT molecular complexity index is 458. The summed E-state index contributed by atoms with van der Waals surface area (Å²) in [7, 11) is 7.89. The van der Waals surface area contributed by atoms with E-state index < -0.39 is 0 Å². The maximum Gasteiger partial charge on any atom is 0.231 e. The minimum Gasteiger partial charge on any atom is -0.369 e. The minimum atomic E-state index is -0.222. The fourth-order valence-corrected chi connectivity index (χ4v) is 13.5. The first kappa shape index (κ1) is 35.7. The molecule has 0 aromatic heterocycles. The van der Waals surface area contributed by atoms with Crippen LogP contribution in [0.5, 0.6) is 0 Å². The zero-order chi connectivity index (χ0) is 26.0. The molecule has 0 heterocycles. The van der Waals surface area contributed by atoms with E-state index in [-0.39, 0.29) is 22.3 Å². The second-order valence-corrected chi connectivity index (χ2v) is 17.4. The summed E-state index contributed by atoms with van der Waals surface area (Å²) < 4.78 is 0. The van der Waals surface area contributed by atoms with Gasteiger partial charge in [-0.1, -0.05) is 151 Å². The molecule has 4 N–H and O–H groups in total. The van der Waals surface area contributed by atoms with Gasteiger partial charge in [0.15, 0.2) is 0 Å². The zero-order valence-electron chi connectivity index (χ0n) is 22.3. The predicted molar refractivity (Wildman–Crippen MR) is 168 cm³/mol. The van der Waals surface area contributed by atoms with E-state index >= 15 is 0 Å². The monoisotopic (exact) mass is 584 g/mol. The third-order valence-electron chi connectivity index (χ3n) is 6.14. The Hall–Kier alpha value is 0.690. The number of carbonyl (C=O) groups excluding carboxylic acids is 2. The lowest BCUT2D eigenvalue weighted by Crippen LogP contribution is -2.25. The molecule has 0 spiro atoms. The average Bonchev–Trinajstić information content (AvgIpc) is 2.83. The van der Waals surface area contributed by atoms with Gasteiger partial charge in [0.05, 0.1) is 10.5 Å². The number of hydrogen-bond acceptors (Lipinski definition) is 7. The number of amides is 2. The van der Waals surface area contributed by atoms with Gasteiger partial charge in [-0.25, -0.2) is 0 Å². The van der Waals surface area contributed by atoms with E-state index in [9.17, 15) is 9.59 Å². The van der Waals surface area contributed by atoms with Gasteiger partial charge in [0.2, 0.25) is 11.8 Å². The number of nitrogens with two attached hydrogens (primary N) is 2. The molecule has 35 heavy (non-hydrogen) atoms. The van der Waals surface area contributed by atoms with Gasteiger partial charge in [-0.3, -0.25) is 9.59 Å². The molecule has 2 amide bonds. The quantitative estimate of drug-likeness (QED) is 0.0699. The minimum absolute atomic E-state index is 0.142. The maximum atomic E-state index is 11.8. The highest BCUT2D eigenvalue weighted by Crippen LogP contribution is 2.51. The number of carbonyl (C=O) groups is 2. The normalized spacial score (nSPS) is 13.1. The molecule has 0 saturated heterocycles. The molecular formula is C26H52N2O2S5. The third kappa shape index (κ3) is 24.8. The highest BCUT2D eigenvalue weighted by Gasteiger charge is 2.18. The topological polar surface area (TPSA) is 86.2 Å². The van der Waals surface area contributed by atoms with Crippen LogP contribution in [-0.2, 0) is 9.59 Å². The molecule has 0 aliphatic heterocycles. The summed E-state index contributed by atoms with van der Waals surface area (Å²) in [5.74, 6) is -0.443. The van der Waals surface area contributed by atoms with E-state index in [0.717, 1.165) is 25.7 Å². The van der Waals surface area contributed by atoms with Gasteiger partial charge in [0.25, 0.3) is 0 Å². The van der Waals surface area contributed by atoms with Crippen molar-refractivity contribution in [1.82, 2.24) is 0 Å². The lowest BCUT2D eigenvalue weighted by molar-refractivity contribution is -0.118. The summed E-state index contributed by atoms with van der Waals surface area (Å²) in [6.07, 6.45) is 24.7. The molecular weight excluding hydrogens is 533 g/mol. The maximum absolute atomic E-state index is 11.8. The summed E-state index contributed by atoms with van der Waals surface area (Å²) in [5.41, 5.74) is 11.2. The van der Waals surface area contributed by atoms with Crippen molar-refractivity contribution < 1.29 is 9.59 Å². The highest BCUT2D eigenvalue weighted by atomic mass is 33.8. The molecule has 0 aliphatic carbocycles. The molecule has 0 aromatic rings. The van der Waals surface area contributed by atoms with Crippen LogP contribution >= 0.6 is 51.1 Å². The van der Waals surface area contributed by atoms with Gasteiger partial charge >= 0.3 is 0 Å². The summed E-state index contributed by atoms with van der Waals surface area (Å²) in [5, 5.41) is -0.284. The van der Waals surface area contributed by atoms with Crippen LogP contribution in [0.1, 0.15) is 142 Å². The van der Waals surface area contributed by atoms with Crippen LogP contribution in [0.15, 0.2) is 0 Å². The summed E-state index contributed by atoms with van der Waals surface area (Å²) in [4.78, 5) is 23.6. The molecule has 2 atom stereocenters. The molecule has 0 saturated carbocycles. The molecule has 9 heteroatoms. The smallest absolute Gasteiger partial charge is 0.231 e. The SMILES string of the molecule is CCCCCCCCCCCC(SSSSSC(CCCCCCCCCCC)C(N)=O)C(N)=O. The Labute approximate surface area is 235 Å². The van der Waals surface area contributed by atoms with Crippen molar-refractivity contribution in [3.05, 3.63) is 0 Å². The third-order valence-corrected chi connectivity index (χ3v) is 15.4. The second-order valence-electron chi connectivity index (χ2n) is 9.41. The Kier molecular flexibility index (Phi) is 28.3. The van der Waals surface area contributed by atoms with Gasteiger partial charge in [0.1, 0.15) is 0 Å². The van der Waals surface area contributed by atoms with Gasteiger partial charge < -0.3 is 11.5 Å². The van der Waals surface area contributed by atoms with E-state index in [4.69, 9.17) is 11.5 Å². The van der Waals surface area contributed by atoms with Crippen molar-refractivity contribution in [3.63, 3.8) is 0 Å². The van der Waals surface area contributed by atoms with Gasteiger partial charge in [0, 0.05) is 0 Å². The molecule has 0 aliphatic rings. The van der Waals surface area contributed by atoms with Crippen LogP contribution in [0.4, 0.5) is 0 Å². The standard InChI is InChI=1S/C26H52N2O2S5/c1-3-5-7-9-11-13-15-17-19-21-23(25(27)29)31-33-35-34-32-24(26(28)30)22-20-18-16-14-12-10-8-6-4-2/h23-24H,3-22H2,1-2H3,(H2,27,29)(H2,28,30). The Morgan fingerprint density at radius 3 is 1.06 bits per heavy atom. The Balaban J connectivity index is 3.80. The van der Waals surface area contributed by atoms with Crippen molar-refractivity contribution in [3.8, 4) is 0 Å². The average molecular weight is 585 g/mol. The molecule has 0 radical (unpaired) electrons. The van der Waals surface area contributed by atoms with Crippen LogP contribution in [0, 0.1) is 0 Å². The molecule has 0 fully saturated rings. The first-order valence-electron chi connectivity index (χ1n) is 13.9. The van der Waals surface area contributed by atoms with Crippen molar-refractivity contribution in [1.29, 1.82) is 0 Å². The van der Waals surface area contributed by atoms with E-state index in [1.165, 1.54) is 103 Å². The lowest BCUT2D eigenvalue weighted by atomic mass is 10.1. The Morgan fingerprint density at radius 1 is 0.486 bits per heavy atom. The molecule has 0 aromatic carbocycles. The van der Waals surface area contributed by atoms with E-state index in [1.54, 1.807) is 51.1 Å². The number of primary amides is 2. The molecule has 4 nitrogen and oxygen atoms in total. The summed E-state index contributed by atoms with van der Waals surface area (Å²) in [6, 6.07) is 0. The fraction of sp³-hybridized carbons (Fsp3) is 0.923. The number of rotatable bonds is 28. The van der Waals surface area contributed by atoms with Crippen LogP contribution in [0.2, 0.25) is 0 Å². The first-order chi connectivity index (χ1) is 17.0. The van der Waals surface area contributed by atoms with E-state index in [2.05, 4.69) is 13.8 Å². The van der Waals surface area contributed by atoms with E-state index in [1.807, 2.05) is 0 Å². The van der Waals surface area contributed by atoms with Crippen LogP contribution in [-0.4, -0.2) is 22.3 Å². The Morgan fingerprint density at radius 2 is 0.771 bits per heavy atom. The van der Waals surface area contributed by atoms with E-state index in [0.29, 0.717) is 0 Å². The van der Waals surface area contributed by atoms with Crippen LogP contribution < -0.4 is 11.5 Å². The van der Waals surface area contributed by atoms with Gasteiger partial charge in [-0.15, -0.1) is 0 Å². The highest BCUT2D eigenvalue weighted by molar-refractivity contribution is 9.35. The second kappa shape index (κ2) is 27.7. The van der Waals surface area contributed by atoms with Crippen molar-refractivity contribution in [2.45, 2.75) is 153 Å². The molecule has 0 bridgehead atoms. The lowest BCUT2D eigenvalue weighted by Gasteiger charge is -2.13. The van der Waals surface area contributed by atoms with Crippen molar-refractivity contribution in [2.75, 3.05) is 0 Å². The first-order valence-corrected chi connectivity index (χ1v) is 20.2. The summed E-state index contributed by atoms with van der Waals surface area (Å²) >= 11 is 0. The largest absolute Gasteiger partial charge is 0.369 e. The van der Waals surface area contributed by atoms with Gasteiger partial charge in [-0.2, -0.15) is 0 Å². The number of hydrogen-bond donors (Lipinski definition) is 2. The van der Waals surface area contributed by atoms with Crippen molar-refractivity contribution in [2.24, 2.45) is 11.5 Å². The molecule has 208 valence electrons. The molecule has 0 rings (SSSR count). The van der Waals surface area contributed by atoms with Crippen molar-refractivity contribution >= 4 is 62.9 Å². The fourth-order valence-electron chi connectivity index (χ4n) is 3.89. The van der Waals surface area contributed by atoms with Crippen LogP contribution in [0.3, 0.4) is 0 Å².